The Morgan fingerprint density at radius 2 is 2.17 bits per heavy atom. The highest BCUT2D eigenvalue weighted by Gasteiger charge is 2.04. The number of halogens is 1. The summed E-state index contributed by atoms with van der Waals surface area (Å²) in [5, 5.41) is 3.37. The minimum atomic E-state index is 0.0621. The molecule has 102 valence electrons. The van der Waals surface area contributed by atoms with Gasteiger partial charge in [0.15, 0.2) is 0 Å². The first-order valence-electron chi connectivity index (χ1n) is 6.45. The number of rotatable bonds is 7. The number of aromatic nitrogens is 2. The monoisotopic (exact) mass is 363 g/mol. The molecule has 0 spiro atoms. The van der Waals surface area contributed by atoms with E-state index in [-0.39, 0.29) is 5.56 Å². The van der Waals surface area contributed by atoms with Crippen molar-refractivity contribution in [2.24, 2.45) is 5.92 Å². The predicted molar refractivity (Wildman–Crippen MR) is 82.9 cm³/mol. The Kier molecular flexibility index (Phi) is 6.85. The third kappa shape index (κ3) is 5.06. The van der Waals surface area contributed by atoms with Crippen molar-refractivity contribution in [3.8, 4) is 0 Å². The van der Waals surface area contributed by atoms with Gasteiger partial charge in [-0.1, -0.05) is 13.8 Å². The molecule has 0 unspecified atom stereocenters. The second-order valence-corrected chi connectivity index (χ2v) is 6.06. The maximum absolute atomic E-state index is 11.9. The molecule has 1 aromatic rings. The van der Waals surface area contributed by atoms with Gasteiger partial charge in [-0.3, -0.25) is 9.36 Å². The van der Waals surface area contributed by atoms with Crippen molar-refractivity contribution in [2.75, 3.05) is 13.1 Å². The minimum absolute atomic E-state index is 0.0621. The quantitative estimate of drug-likeness (QED) is 0.597. The molecule has 0 aliphatic carbocycles. The summed E-state index contributed by atoms with van der Waals surface area (Å²) in [6.45, 7) is 8.87. The molecule has 5 heteroatoms. The zero-order chi connectivity index (χ0) is 13.5. The Hall–Kier alpha value is -0.430. The zero-order valence-corrected chi connectivity index (χ0v) is 13.5. The maximum Gasteiger partial charge on any atom is 0.266 e. The summed E-state index contributed by atoms with van der Waals surface area (Å²) in [6.07, 6.45) is 4.07. The van der Waals surface area contributed by atoms with E-state index in [1.165, 1.54) is 12.8 Å². The molecule has 0 aliphatic rings. The molecule has 0 atom stereocenters. The van der Waals surface area contributed by atoms with E-state index in [1.54, 1.807) is 10.8 Å². The largest absolute Gasteiger partial charge is 0.315 e. The van der Waals surface area contributed by atoms with E-state index in [4.69, 9.17) is 0 Å². The van der Waals surface area contributed by atoms with Crippen molar-refractivity contribution in [2.45, 2.75) is 40.2 Å². The highest BCUT2D eigenvalue weighted by molar-refractivity contribution is 14.1. The second kappa shape index (κ2) is 7.89. The van der Waals surface area contributed by atoms with Gasteiger partial charge in [0, 0.05) is 19.3 Å². The Bertz CT molecular complexity index is 429. The lowest BCUT2D eigenvalue weighted by Crippen LogP contribution is -2.31. The Morgan fingerprint density at radius 1 is 1.44 bits per heavy atom. The lowest BCUT2D eigenvalue weighted by molar-refractivity contribution is 0.508. The lowest BCUT2D eigenvalue weighted by Gasteiger charge is -2.10. The number of hydrogen-bond donors (Lipinski definition) is 1. The third-order valence-corrected chi connectivity index (χ3v) is 3.59. The van der Waals surface area contributed by atoms with Gasteiger partial charge in [0.1, 0.15) is 5.82 Å². The molecule has 1 rings (SSSR count). The van der Waals surface area contributed by atoms with Crippen LogP contribution in [0.25, 0.3) is 0 Å². The number of aryl methyl sites for hydroxylation is 1. The highest BCUT2D eigenvalue weighted by Crippen LogP contribution is 2.01. The molecular weight excluding hydrogens is 341 g/mol. The SMILES string of the molecule is Cc1ncc(I)c(=O)n1CCNCCCC(C)C. The van der Waals surface area contributed by atoms with E-state index in [0.717, 1.165) is 24.8 Å². The molecule has 0 saturated carbocycles. The van der Waals surface area contributed by atoms with Crippen molar-refractivity contribution in [3.05, 3.63) is 25.9 Å². The fourth-order valence-corrected chi connectivity index (χ4v) is 2.20. The number of nitrogens with one attached hydrogen (secondary N) is 1. The summed E-state index contributed by atoms with van der Waals surface area (Å²) in [4.78, 5) is 16.1. The van der Waals surface area contributed by atoms with Gasteiger partial charge in [0.05, 0.1) is 3.57 Å². The summed E-state index contributed by atoms with van der Waals surface area (Å²) in [7, 11) is 0. The van der Waals surface area contributed by atoms with Crippen LogP contribution in [0.15, 0.2) is 11.0 Å². The molecule has 1 N–H and O–H groups in total. The summed E-state index contributed by atoms with van der Waals surface area (Å²) >= 11 is 2.03. The van der Waals surface area contributed by atoms with Crippen LogP contribution < -0.4 is 10.9 Å². The van der Waals surface area contributed by atoms with Crippen molar-refractivity contribution >= 4 is 22.6 Å². The third-order valence-electron chi connectivity index (χ3n) is 2.85. The van der Waals surface area contributed by atoms with Crippen LogP contribution in [0.2, 0.25) is 0 Å². The van der Waals surface area contributed by atoms with E-state index >= 15 is 0 Å². The average Bonchev–Trinajstić information content (AvgIpc) is 2.32. The second-order valence-electron chi connectivity index (χ2n) is 4.90. The van der Waals surface area contributed by atoms with Crippen LogP contribution in [-0.2, 0) is 6.54 Å². The van der Waals surface area contributed by atoms with Crippen LogP contribution in [-0.4, -0.2) is 22.6 Å². The average molecular weight is 363 g/mol. The maximum atomic E-state index is 11.9. The van der Waals surface area contributed by atoms with E-state index in [0.29, 0.717) is 10.1 Å². The van der Waals surface area contributed by atoms with Crippen LogP contribution in [0.3, 0.4) is 0 Å². The topological polar surface area (TPSA) is 46.9 Å². The van der Waals surface area contributed by atoms with Gasteiger partial charge in [-0.2, -0.15) is 0 Å². The highest BCUT2D eigenvalue weighted by atomic mass is 127. The number of hydrogen-bond acceptors (Lipinski definition) is 3. The standard InChI is InChI=1S/C13H22IN3O/c1-10(2)5-4-6-15-7-8-17-11(3)16-9-12(14)13(17)18/h9-10,15H,4-8H2,1-3H3. The molecule has 0 aromatic carbocycles. The molecule has 0 aliphatic heterocycles. The Morgan fingerprint density at radius 3 is 2.83 bits per heavy atom. The van der Waals surface area contributed by atoms with Gasteiger partial charge in [0.2, 0.25) is 0 Å². The van der Waals surface area contributed by atoms with E-state index < -0.39 is 0 Å². The lowest BCUT2D eigenvalue weighted by atomic mass is 10.1. The minimum Gasteiger partial charge on any atom is -0.315 e. The van der Waals surface area contributed by atoms with Crippen molar-refractivity contribution < 1.29 is 0 Å². The number of nitrogens with zero attached hydrogens (tertiary/aromatic N) is 2. The van der Waals surface area contributed by atoms with Crippen LogP contribution in [0.1, 0.15) is 32.5 Å². The summed E-state index contributed by atoms with van der Waals surface area (Å²) in [5.74, 6) is 1.54. The van der Waals surface area contributed by atoms with Crippen molar-refractivity contribution in [3.63, 3.8) is 0 Å². The van der Waals surface area contributed by atoms with Gasteiger partial charge in [-0.15, -0.1) is 0 Å². The Labute approximate surface area is 122 Å². The summed E-state index contributed by atoms with van der Waals surface area (Å²) in [5.41, 5.74) is 0.0621. The van der Waals surface area contributed by atoms with Gasteiger partial charge >= 0.3 is 0 Å². The van der Waals surface area contributed by atoms with Crippen molar-refractivity contribution in [1.29, 1.82) is 0 Å². The molecule has 0 fully saturated rings. The fourth-order valence-electron chi connectivity index (χ4n) is 1.77. The fraction of sp³-hybridized carbons (Fsp3) is 0.692. The first-order chi connectivity index (χ1) is 8.52. The van der Waals surface area contributed by atoms with Gasteiger partial charge < -0.3 is 5.32 Å². The molecule has 0 amide bonds. The van der Waals surface area contributed by atoms with E-state index in [9.17, 15) is 4.79 Å². The van der Waals surface area contributed by atoms with Crippen LogP contribution in [0.5, 0.6) is 0 Å². The van der Waals surface area contributed by atoms with Crippen LogP contribution >= 0.6 is 22.6 Å². The summed E-state index contributed by atoms with van der Waals surface area (Å²) < 4.78 is 2.41. The normalized spacial score (nSPS) is 11.2. The molecule has 4 nitrogen and oxygen atoms in total. The van der Waals surface area contributed by atoms with E-state index in [1.807, 2.05) is 29.5 Å². The molecular formula is C13H22IN3O. The molecule has 0 radical (unpaired) electrons. The summed E-state index contributed by atoms with van der Waals surface area (Å²) in [6, 6.07) is 0. The van der Waals surface area contributed by atoms with E-state index in [2.05, 4.69) is 24.1 Å². The zero-order valence-electron chi connectivity index (χ0n) is 11.4. The smallest absolute Gasteiger partial charge is 0.266 e. The molecule has 1 aromatic heterocycles. The first-order valence-corrected chi connectivity index (χ1v) is 7.53. The van der Waals surface area contributed by atoms with Crippen LogP contribution in [0.4, 0.5) is 0 Å². The van der Waals surface area contributed by atoms with Crippen LogP contribution in [0, 0.1) is 16.4 Å². The van der Waals surface area contributed by atoms with Crippen molar-refractivity contribution in [1.82, 2.24) is 14.9 Å². The molecule has 18 heavy (non-hydrogen) atoms. The Balaban J connectivity index is 2.36. The molecule has 0 saturated heterocycles. The molecule has 1 heterocycles. The van der Waals surface area contributed by atoms with Gasteiger partial charge in [0.25, 0.3) is 5.56 Å². The van der Waals surface area contributed by atoms with Gasteiger partial charge in [-0.25, -0.2) is 4.98 Å². The predicted octanol–water partition coefficient (Wildman–Crippen LogP) is 2.18. The molecule has 0 bridgehead atoms. The first kappa shape index (κ1) is 15.6. The van der Waals surface area contributed by atoms with Gasteiger partial charge in [-0.05, 0) is 54.8 Å².